The number of aromatic nitrogens is 2. The van der Waals surface area contributed by atoms with Gasteiger partial charge in [0, 0.05) is 17.8 Å². The highest BCUT2D eigenvalue weighted by molar-refractivity contribution is 5.63. The van der Waals surface area contributed by atoms with Gasteiger partial charge in [-0.05, 0) is 12.1 Å². The number of halogens is 2. The van der Waals surface area contributed by atoms with Crippen LogP contribution in [-0.2, 0) is 0 Å². The van der Waals surface area contributed by atoms with E-state index in [9.17, 15) is 8.78 Å². The fourth-order valence-electron chi connectivity index (χ4n) is 1.81. The fourth-order valence-corrected chi connectivity index (χ4v) is 1.81. The predicted octanol–water partition coefficient (Wildman–Crippen LogP) is 1.70. The van der Waals surface area contributed by atoms with Gasteiger partial charge >= 0.3 is 6.29 Å². The molecule has 0 bridgehead atoms. The largest absolute Gasteiger partial charge is 0.586 e. The number of hydrazine groups is 1. The second-order valence-electron chi connectivity index (χ2n) is 4.17. The van der Waals surface area contributed by atoms with Gasteiger partial charge in [-0.25, -0.2) is 10.8 Å². The molecule has 0 unspecified atom stereocenters. The lowest BCUT2D eigenvalue weighted by Crippen LogP contribution is -2.25. The number of nitrogens with two attached hydrogens (primary N) is 1. The Morgan fingerprint density at radius 1 is 1.18 bits per heavy atom. The molecule has 22 heavy (non-hydrogen) atoms. The molecule has 0 amide bonds. The third-order valence-corrected chi connectivity index (χ3v) is 2.64. The average Bonchev–Trinajstić information content (AvgIpc) is 2.79. The molecule has 1 aliphatic heterocycles. The number of nitrogens with one attached hydrogen (secondary N) is 2. The monoisotopic (exact) mass is 306 g/mol. The minimum absolute atomic E-state index is 0.0360. The van der Waals surface area contributed by atoms with Crippen molar-refractivity contribution in [3.8, 4) is 17.6 Å². The van der Waals surface area contributed by atoms with Gasteiger partial charge in [0.2, 0.25) is 5.95 Å². The predicted molar refractivity (Wildman–Crippen MR) is 70.5 cm³/mol. The summed E-state index contributed by atoms with van der Waals surface area (Å²) in [6.45, 7) is 0. The van der Waals surface area contributed by atoms with Crippen molar-refractivity contribution in [2.75, 3.05) is 10.7 Å². The third kappa shape index (κ3) is 2.65. The first-order valence-electron chi connectivity index (χ1n) is 5.92. The first-order valence-corrected chi connectivity index (χ1v) is 5.92. The Bertz CT molecular complexity index is 777. The number of hydrogen-bond acceptors (Lipinski definition) is 8. The smallest absolute Gasteiger partial charge is 0.395 e. The molecule has 0 spiro atoms. The lowest BCUT2D eigenvalue weighted by molar-refractivity contribution is -0.286. The van der Waals surface area contributed by atoms with E-state index in [0.717, 1.165) is 0 Å². The Balaban J connectivity index is 1.88. The Morgan fingerprint density at radius 2 is 1.95 bits per heavy atom. The van der Waals surface area contributed by atoms with E-state index in [1.165, 1.54) is 24.3 Å². The molecule has 2 heterocycles. The minimum atomic E-state index is -3.68. The maximum atomic E-state index is 12.9. The number of anilines is 3. The van der Waals surface area contributed by atoms with E-state index in [0.29, 0.717) is 5.69 Å². The molecule has 0 saturated heterocycles. The molecule has 4 N–H and O–H groups in total. The summed E-state index contributed by atoms with van der Waals surface area (Å²) in [5.41, 5.74) is 2.71. The number of benzene rings is 1. The van der Waals surface area contributed by atoms with Crippen molar-refractivity contribution in [3.63, 3.8) is 0 Å². The van der Waals surface area contributed by atoms with Gasteiger partial charge < -0.3 is 14.8 Å². The maximum Gasteiger partial charge on any atom is 0.586 e. The van der Waals surface area contributed by atoms with E-state index in [4.69, 9.17) is 11.1 Å². The number of hydrogen-bond donors (Lipinski definition) is 3. The summed E-state index contributed by atoms with van der Waals surface area (Å²) in [5, 5.41) is 11.7. The summed E-state index contributed by atoms with van der Waals surface area (Å²) >= 11 is 0. The maximum absolute atomic E-state index is 12.9. The zero-order valence-corrected chi connectivity index (χ0v) is 10.8. The van der Waals surface area contributed by atoms with E-state index in [1.54, 1.807) is 0 Å². The van der Waals surface area contributed by atoms with Crippen molar-refractivity contribution in [2.24, 2.45) is 5.84 Å². The summed E-state index contributed by atoms with van der Waals surface area (Å²) in [6, 6.07) is 7.36. The van der Waals surface area contributed by atoms with E-state index in [2.05, 4.69) is 30.2 Å². The van der Waals surface area contributed by atoms with Crippen molar-refractivity contribution in [1.29, 1.82) is 5.26 Å². The zero-order valence-electron chi connectivity index (χ0n) is 10.8. The number of ether oxygens (including phenoxy) is 2. The van der Waals surface area contributed by atoms with Crippen LogP contribution in [0, 0.1) is 11.3 Å². The standard InChI is InChI=1S/C12H8F2N6O2/c13-12(14)21-8-2-1-6(3-9(8)22-12)17-10-4-7(5-15)18-11(19-10)20-16/h1-4H,16H2,(H2,17,18,19,20). The first kappa shape index (κ1) is 13.8. The summed E-state index contributed by atoms with van der Waals surface area (Å²) in [6.07, 6.45) is -3.68. The van der Waals surface area contributed by atoms with Gasteiger partial charge in [0.05, 0.1) is 0 Å². The van der Waals surface area contributed by atoms with Crippen LogP contribution in [0.2, 0.25) is 0 Å². The van der Waals surface area contributed by atoms with E-state index >= 15 is 0 Å². The normalized spacial score (nSPS) is 14.3. The lowest BCUT2D eigenvalue weighted by atomic mass is 10.2. The molecule has 10 heteroatoms. The van der Waals surface area contributed by atoms with Gasteiger partial charge in [-0.2, -0.15) is 10.2 Å². The van der Waals surface area contributed by atoms with Gasteiger partial charge in [-0.3, -0.25) is 5.43 Å². The van der Waals surface area contributed by atoms with Gasteiger partial charge in [-0.1, -0.05) is 0 Å². The van der Waals surface area contributed by atoms with Crippen molar-refractivity contribution in [1.82, 2.24) is 9.97 Å². The molecule has 2 aromatic rings. The third-order valence-electron chi connectivity index (χ3n) is 2.64. The molecule has 0 fully saturated rings. The van der Waals surface area contributed by atoms with E-state index in [1.807, 2.05) is 6.07 Å². The zero-order chi connectivity index (χ0) is 15.7. The quantitative estimate of drug-likeness (QED) is 0.579. The number of nitriles is 1. The van der Waals surface area contributed by atoms with Gasteiger partial charge in [0.25, 0.3) is 0 Å². The van der Waals surface area contributed by atoms with Crippen LogP contribution in [0.4, 0.5) is 26.2 Å². The number of alkyl halides is 2. The van der Waals surface area contributed by atoms with Crippen molar-refractivity contribution in [3.05, 3.63) is 30.0 Å². The number of nitrogens with zero attached hydrogens (tertiary/aromatic N) is 3. The van der Waals surface area contributed by atoms with E-state index in [-0.39, 0.29) is 29.0 Å². The van der Waals surface area contributed by atoms with Gasteiger partial charge in [0.1, 0.15) is 17.6 Å². The molecule has 0 atom stereocenters. The van der Waals surface area contributed by atoms with Crippen molar-refractivity contribution >= 4 is 17.5 Å². The number of rotatable bonds is 3. The molecule has 3 rings (SSSR count). The highest BCUT2D eigenvalue weighted by atomic mass is 19.3. The Kier molecular flexibility index (Phi) is 3.11. The van der Waals surface area contributed by atoms with Crippen LogP contribution >= 0.6 is 0 Å². The molecular weight excluding hydrogens is 298 g/mol. The summed E-state index contributed by atoms with van der Waals surface area (Å²) in [5.74, 6) is 5.32. The lowest BCUT2D eigenvalue weighted by Gasteiger charge is -2.08. The fraction of sp³-hybridized carbons (Fsp3) is 0.0833. The molecule has 8 nitrogen and oxygen atoms in total. The number of fused-ring (bicyclic) bond motifs is 1. The minimum Gasteiger partial charge on any atom is -0.395 e. The summed E-state index contributed by atoms with van der Waals surface area (Å²) < 4.78 is 34.5. The highest BCUT2D eigenvalue weighted by Gasteiger charge is 2.43. The molecule has 112 valence electrons. The molecule has 1 aromatic heterocycles. The Hall–Kier alpha value is -3.19. The Morgan fingerprint density at radius 3 is 2.68 bits per heavy atom. The molecule has 0 radical (unpaired) electrons. The number of nitrogen functional groups attached to an aromatic ring is 1. The van der Waals surface area contributed by atoms with Crippen molar-refractivity contribution in [2.45, 2.75) is 6.29 Å². The first-order chi connectivity index (χ1) is 10.5. The van der Waals surface area contributed by atoms with Crippen LogP contribution in [0.5, 0.6) is 11.5 Å². The second kappa shape index (κ2) is 4.97. The van der Waals surface area contributed by atoms with Crippen LogP contribution in [0.1, 0.15) is 5.69 Å². The van der Waals surface area contributed by atoms with Crippen molar-refractivity contribution < 1.29 is 18.3 Å². The van der Waals surface area contributed by atoms with Crippen LogP contribution in [0.25, 0.3) is 0 Å². The SMILES string of the molecule is N#Cc1cc(Nc2ccc3c(c2)OC(F)(F)O3)nc(NN)n1. The summed E-state index contributed by atoms with van der Waals surface area (Å²) in [4.78, 5) is 7.78. The Labute approximate surface area is 122 Å². The second-order valence-corrected chi connectivity index (χ2v) is 4.17. The molecule has 1 aliphatic rings. The highest BCUT2D eigenvalue weighted by Crippen LogP contribution is 2.42. The topological polar surface area (TPSA) is 118 Å². The van der Waals surface area contributed by atoms with Crippen LogP contribution in [0.3, 0.4) is 0 Å². The average molecular weight is 306 g/mol. The molecule has 0 saturated carbocycles. The van der Waals surface area contributed by atoms with Gasteiger partial charge in [0.15, 0.2) is 11.5 Å². The van der Waals surface area contributed by atoms with E-state index < -0.39 is 6.29 Å². The van der Waals surface area contributed by atoms with Crippen LogP contribution < -0.4 is 26.1 Å². The van der Waals surface area contributed by atoms with Crippen LogP contribution in [-0.4, -0.2) is 16.3 Å². The molecule has 1 aromatic carbocycles. The molecular formula is C12H8F2N6O2. The van der Waals surface area contributed by atoms with Crippen LogP contribution in [0.15, 0.2) is 24.3 Å². The van der Waals surface area contributed by atoms with Gasteiger partial charge in [-0.15, -0.1) is 8.78 Å². The summed E-state index contributed by atoms with van der Waals surface area (Å²) in [7, 11) is 0. The molecule has 0 aliphatic carbocycles.